The predicted octanol–water partition coefficient (Wildman–Crippen LogP) is 6.47. The van der Waals surface area contributed by atoms with Crippen LogP contribution in [-0.4, -0.2) is 31.6 Å². The molecule has 2 heterocycles. The Balaban J connectivity index is 1.42. The summed E-state index contributed by atoms with van der Waals surface area (Å²) in [5, 5.41) is 23.2. The zero-order chi connectivity index (χ0) is 28.5. The standard InChI is InChI=1S/C33H25FN4O3/c1-20(24-15-14-22-6-2-3-7-25(22)16-24)31-37-36-30-18-26(27-8-4-5-9-28(27)34)17-29(38(30)31)32(39)35-19-21-10-12-23(13-11-21)33(40)41/h2-18,20H,19H2,1H3,(H,35,39)(H,40,41). The predicted molar refractivity (Wildman–Crippen MR) is 154 cm³/mol. The monoisotopic (exact) mass is 544 g/mol. The van der Waals surface area contributed by atoms with Crippen LogP contribution < -0.4 is 5.32 Å². The van der Waals surface area contributed by atoms with Crippen LogP contribution in [0.5, 0.6) is 0 Å². The number of aromatic carboxylic acids is 1. The zero-order valence-electron chi connectivity index (χ0n) is 22.1. The second-order valence-electron chi connectivity index (χ2n) is 9.87. The molecule has 8 heteroatoms. The van der Waals surface area contributed by atoms with Crippen molar-refractivity contribution in [2.75, 3.05) is 0 Å². The highest BCUT2D eigenvalue weighted by Gasteiger charge is 2.23. The lowest BCUT2D eigenvalue weighted by molar-refractivity contribution is 0.0696. The van der Waals surface area contributed by atoms with Gasteiger partial charge in [-0.05, 0) is 57.8 Å². The molecule has 41 heavy (non-hydrogen) atoms. The van der Waals surface area contributed by atoms with Gasteiger partial charge in [-0.1, -0.05) is 79.7 Å². The molecule has 0 saturated carbocycles. The number of fused-ring (bicyclic) bond motifs is 2. The summed E-state index contributed by atoms with van der Waals surface area (Å²) in [7, 11) is 0. The maximum atomic E-state index is 14.8. The van der Waals surface area contributed by atoms with E-state index in [0.29, 0.717) is 22.6 Å². The number of carbonyl (C=O) groups excluding carboxylic acids is 1. The first-order valence-electron chi connectivity index (χ1n) is 13.1. The number of halogens is 1. The van der Waals surface area contributed by atoms with Crippen LogP contribution in [-0.2, 0) is 6.54 Å². The molecule has 0 aliphatic heterocycles. The summed E-state index contributed by atoms with van der Waals surface area (Å²) in [5.41, 5.74) is 3.44. The van der Waals surface area contributed by atoms with Crippen molar-refractivity contribution in [2.24, 2.45) is 0 Å². The summed E-state index contributed by atoms with van der Waals surface area (Å²) in [5.74, 6) is -1.46. The Kier molecular flexibility index (Phi) is 6.73. The lowest BCUT2D eigenvalue weighted by Gasteiger charge is -2.15. The van der Waals surface area contributed by atoms with E-state index in [9.17, 15) is 14.0 Å². The molecule has 0 aliphatic rings. The van der Waals surface area contributed by atoms with Crippen LogP contribution in [0.25, 0.3) is 27.5 Å². The fraction of sp³-hybridized carbons (Fsp3) is 0.0909. The van der Waals surface area contributed by atoms with Gasteiger partial charge >= 0.3 is 5.97 Å². The van der Waals surface area contributed by atoms with Gasteiger partial charge in [-0.3, -0.25) is 9.20 Å². The van der Waals surface area contributed by atoms with Crippen molar-refractivity contribution in [2.45, 2.75) is 19.4 Å². The van der Waals surface area contributed by atoms with Gasteiger partial charge in [0.2, 0.25) is 0 Å². The molecule has 0 spiro atoms. The number of hydrogen-bond donors (Lipinski definition) is 2. The second kappa shape index (κ2) is 10.7. The summed E-state index contributed by atoms with van der Waals surface area (Å²) >= 11 is 0. The fourth-order valence-electron chi connectivity index (χ4n) is 5.00. The van der Waals surface area contributed by atoms with Gasteiger partial charge in [-0.15, -0.1) is 10.2 Å². The molecule has 0 fully saturated rings. The van der Waals surface area contributed by atoms with Crippen molar-refractivity contribution in [1.82, 2.24) is 19.9 Å². The van der Waals surface area contributed by atoms with E-state index in [-0.39, 0.29) is 23.7 Å². The van der Waals surface area contributed by atoms with Crippen LogP contribution in [0.4, 0.5) is 4.39 Å². The van der Waals surface area contributed by atoms with E-state index < -0.39 is 17.7 Å². The molecular formula is C33H25FN4O3. The van der Waals surface area contributed by atoms with Crippen LogP contribution in [0.3, 0.4) is 0 Å². The van der Waals surface area contributed by atoms with Crippen LogP contribution in [0.1, 0.15) is 50.6 Å². The Bertz CT molecular complexity index is 1930. The molecule has 7 nitrogen and oxygen atoms in total. The number of amides is 1. The zero-order valence-corrected chi connectivity index (χ0v) is 22.1. The molecule has 1 atom stereocenters. The number of carboxylic acids is 1. The van der Waals surface area contributed by atoms with Gasteiger partial charge in [0.15, 0.2) is 5.65 Å². The fourth-order valence-corrected chi connectivity index (χ4v) is 5.00. The van der Waals surface area contributed by atoms with Crippen LogP contribution in [0, 0.1) is 5.82 Å². The van der Waals surface area contributed by atoms with Gasteiger partial charge in [0.05, 0.1) is 5.56 Å². The average Bonchev–Trinajstić information content (AvgIpc) is 3.43. The molecule has 1 unspecified atom stereocenters. The van der Waals surface area contributed by atoms with E-state index in [1.165, 1.54) is 18.2 Å². The van der Waals surface area contributed by atoms with E-state index in [2.05, 4.69) is 39.8 Å². The SMILES string of the molecule is CC(c1ccc2ccccc2c1)c1nnc2cc(-c3ccccc3F)cc(C(=O)NCc3ccc(C(=O)O)cc3)n12. The maximum Gasteiger partial charge on any atom is 0.335 e. The first kappa shape index (κ1) is 25.9. The number of benzene rings is 4. The number of pyridine rings is 1. The lowest BCUT2D eigenvalue weighted by atomic mass is 9.97. The van der Waals surface area contributed by atoms with E-state index in [0.717, 1.165) is 21.9 Å². The van der Waals surface area contributed by atoms with Gasteiger partial charge in [0.25, 0.3) is 5.91 Å². The number of carbonyl (C=O) groups is 2. The van der Waals surface area contributed by atoms with Crippen molar-refractivity contribution in [3.05, 3.63) is 137 Å². The summed E-state index contributed by atoms with van der Waals surface area (Å²) in [6.45, 7) is 2.18. The van der Waals surface area contributed by atoms with Gasteiger partial charge in [0.1, 0.15) is 17.3 Å². The number of aromatic nitrogens is 3. The molecule has 2 aromatic heterocycles. The molecule has 6 aromatic rings. The first-order chi connectivity index (χ1) is 19.9. The molecule has 4 aromatic carbocycles. The van der Waals surface area contributed by atoms with Gasteiger partial charge < -0.3 is 10.4 Å². The van der Waals surface area contributed by atoms with E-state index in [1.807, 2.05) is 25.1 Å². The molecule has 1 amide bonds. The molecular weight excluding hydrogens is 519 g/mol. The summed E-state index contributed by atoms with van der Waals surface area (Å²) in [4.78, 5) is 24.9. The largest absolute Gasteiger partial charge is 0.478 e. The first-order valence-corrected chi connectivity index (χ1v) is 13.1. The normalized spacial score (nSPS) is 12.0. The highest BCUT2D eigenvalue weighted by Crippen LogP contribution is 2.30. The molecule has 0 bridgehead atoms. The minimum atomic E-state index is -1.02. The minimum absolute atomic E-state index is 0.163. The maximum absolute atomic E-state index is 14.8. The van der Waals surface area contributed by atoms with E-state index in [1.54, 1.807) is 46.9 Å². The van der Waals surface area contributed by atoms with Gasteiger partial charge in [-0.25, -0.2) is 9.18 Å². The third-order valence-corrected chi connectivity index (χ3v) is 7.26. The smallest absolute Gasteiger partial charge is 0.335 e. The molecule has 2 N–H and O–H groups in total. The Labute approximate surface area is 234 Å². The van der Waals surface area contributed by atoms with Crippen molar-refractivity contribution < 1.29 is 19.1 Å². The third-order valence-electron chi connectivity index (χ3n) is 7.26. The molecule has 6 rings (SSSR count). The number of carboxylic acid groups (broad SMARTS) is 1. The highest BCUT2D eigenvalue weighted by atomic mass is 19.1. The molecule has 0 saturated heterocycles. The number of nitrogens with one attached hydrogen (secondary N) is 1. The Morgan fingerprint density at radius 2 is 1.61 bits per heavy atom. The number of rotatable bonds is 7. The van der Waals surface area contributed by atoms with Gasteiger partial charge in [-0.2, -0.15) is 0 Å². The van der Waals surface area contributed by atoms with Crippen LogP contribution >= 0.6 is 0 Å². The highest BCUT2D eigenvalue weighted by molar-refractivity contribution is 5.95. The lowest BCUT2D eigenvalue weighted by Crippen LogP contribution is -2.26. The van der Waals surface area contributed by atoms with Crippen molar-refractivity contribution in [3.8, 4) is 11.1 Å². The molecule has 202 valence electrons. The number of hydrogen-bond acceptors (Lipinski definition) is 4. The Morgan fingerprint density at radius 3 is 2.37 bits per heavy atom. The second-order valence-corrected chi connectivity index (χ2v) is 9.87. The Hall–Kier alpha value is -5.37. The third kappa shape index (κ3) is 5.03. The number of nitrogens with zero attached hydrogens (tertiary/aromatic N) is 3. The topological polar surface area (TPSA) is 96.6 Å². The van der Waals surface area contributed by atoms with Gasteiger partial charge in [0, 0.05) is 18.0 Å². The van der Waals surface area contributed by atoms with E-state index >= 15 is 0 Å². The van der Waals surface area contributed by atoms with Crippen LogP contribution in [0.15, 0.2) is 103 Å². The summed E-state index contributed by atoms with van der Waals surface area (Å²) in [6.07, 6.45) is 0. The molecule has 0 radical (unpaired) electrons. The summed E-state index contributed by atoms with van der Waals surface area (Å²) < 4.78 is 16.5. The molecule has 0 aliphatic carbocycles. The summed E-state index contributed by atoms with van der Waals surface area (Å²) in [6, 6.07) is 30.3. The van der Waals surface area contributed by atoms with Crippen molar-refractivity contribution in [1.29, 1.82) is 0 Å². The van der Waals surface area contributed by atoms with Crippen molar-refractivity contribution in [3.63, 3.8) is 0 Å². The quantitative estimate of drug-likeness (QED) is 0.240. The van der Waals surface area contributed by atoms with Crippen molar-refractivity contribution >= 4 is 28.3 Å². The minimum Gasteiger partial charge on any atom is -0.478 e. The average molecular weight is 545 g/mol. The Morgan fingerprint density at radius 1 is 0.878 bits per heavy atom. The van der Waals surface area contributed by atoms with E-state index in [4.69, 9.17) is 5.11 Å². The van der Waals surface area contributed by atoms with Crippen LogP contribution in [0.2, 0.25) is 0 Å².